The summed E-state index contributed by atoms with van der Waals surface area (Å²) in [5, 5.41) is 3.90. The van der Waals surface area contributed by atoms with Crippen LogP contribution in [0, 0.1) is 6.92 Å². The maximum atomic E-state index is 5.85. The van der Waals surface area contributed by atoms with Crippen LogP contribution in [0.5, 0.6) is 5.75 Å². The summed E-state index contributed by atoms with van der Waals surface area (Å²) < 4.78 is 10.8. The van der Waals surface area contributed by atoms with Gasteiger partial charge < -0.3 is 15.0 Å². The zero-order valence-electron chi connectivity index (χ0n) is 12.2. The molecule has 2 aromatic rings. The molecule has 0 spiro atoms. The third-order valence-corrected chi connectivity index (χ3v) is 3.06. The van der Waals surface area contributed by atoms with E-state index in [1.165, 1.54) is 0 Å². The van der Waals surface area contributed by atoms with E-state index in [-0.39, 0.29) is 12.6 Å². The lowest BCUT2D eigenvalue weighted by Crippen LogP contribution is -2.05. The van der Waals surface area contributed by atoms with Gasteiger partial charge in [-0.05, 0) is 37.5 Å². The van der Waals surface area contributed by atoms with Crippen molar-refractivity contribution in [3.8, 4) is 5.75 Å². The molecule has 1 aromatic carbocycles. The zero-order valence-corrected chi connectivity index (χ0v) is 12.2. The first-order valence-corrected chi connectivity index (χ1v) is 6.90. The quantitative estimate of drug-likeness (QED) is 0.877. The molecule has 5 heteroatoms. The van der Waals surface area contributed by atoms with Gasteiger partial charge in [0, 0.05) is 12.5 Å². The van der Waals surface area contributed by atoms with E-state index in [9.17, 15) is 0 Å². The van der Waals surface area contributed by atoms with Crippen molar-refractivity contribution in [3.05, 3.63) is 41.0 Å². The second kappa shape index (κ2) is 6.52. The number of nitrogens with two attached hydrogens (primary N) is 1. The molecule has 0 bridgehead atoms. The highest BCUT2D eigenvalue weighted by Crippen LogP contribution is 2.22. The van der Waals surface area contributed by atoms with Gasteiger partial charge in [-0.2, -0.15) is 4.98 Å². The van der Waals surface area contributed by atoms with Gasteiger partial charge in [0.25, 0.3) is 5.89 Å². The first-order valence-electron chi connectivity index (χ1n) is 6.90. The molecule has 0 radical (unpaired) electrons. The number of benzene rings is 1. The van der Waals surface area contributed by atoms with Crippen LogP contribution in [-0.4, -0.2) is 10.1 Å². The molecule has 0 fully saturated rings. The molecule has 0 aliphatic carbocycles. The minimum Gasteiger partial charge on any atom is -0.483 e. The van der Waals surface area contributed by atoms with Crippen molar-refractivity contribution in [3.63, 3.8) is 0 Å². The standard InChI is InChI=1S/C15H21N3O2/c1-4-5-14-17-15(20-18-14)9-19-13-7-6-12(11(3)16)8-10(13)2/h6-8,11H,4-5,9,16H2,1-3H3/t11-/m1/s1. The van der Waals surface area contributed by atoms with Crippen molar-refractivity contribution in [2.45, 2.75) is 46.3 Å². The summed E-state index contributed by atoms with van der Waals surface area (Å²) in [5.74, 6) is 2.05. The van der Waals surface area contributed by atoms with Crippen LogP contribution in [0.25, 0.3) is 0 Å². The average molecular weight is 275 g/mol. The van der Waals surface area contributed by atoms with Gasteiger partial charge in [-0.1, -0.05) is 24.2 Å². The van der Waals surface area contributed by atoms with E-state index in [0.717, 1.165) is 35.5 Å². The molecule has 0 aliphatic heterocycles. The van der Waals surface area contributed by atoms with Crippen molar-refractivity contribution in [2.75, 3.05) is 0 Å². The molecule has 1 heterocycles. The van der Waals surface area contributed by atoms with Crippen LogP contribution in [0.4, 0.5) is 0 Å². The van der Waals surface area contributed by atoms with Crippen LogP contribution >= 0.6 is 0 Å². The maximum Gasteiger partial charge on any atom is 0.264 e. The molecule has 0 saturated heterocycles. The van der Waals surface area contributed by atoms with Gasteiger partial charge in [0.2, 0.25) is 0 Å². The number of ether oxygens (including phenoxy) is 1. The molecule has 20 heavy (non-hydrogen) atoms. The molecule has 2 N–H and O–H groups in total. The zero-order chi connectivity index (χ0) is 14.5. The first kappa shape index (κ1) is 14.5. The normalized spacial score (nSPS) is 12.4. The Hall–Kier alpha value is -1.88. The number of hydrogen-bond donors (Lipinski definition) is 1. The highest BCUT2D eigenvalue weighted by Gasteiger charge is 2.08. The Kier molecular flexibility index (Phi) is 4.74. The van der Waals surface area contributed by atoms with E-state index < -0.39 is 0 Å². The molecule has 108 valence electrons. The van der Waals surface area contributed by atoms with Gasteiger partial charge in [0.1, 0.15) is 5.75 Å². The molecule has 0 unspecified atom stereocenters. The Morgan fingerprint density at radius 1 is 1.40 bits per heavy atom. The molecule has 1 atom stereocenters. The molecule has 2 rings (SSSR count). The number of rotatable bonds is 6. The Bertz CT molecular complexity index is 564. The van der Waals surface area contributed by atoms with E-state index in [1.807, 2.05) is 32.0 Å². The predicted octanol–water partition coefficient (Wildman–Crippen LogP) is 2.93. The fourth-order valence-electron chi connectivity index (χ4n) is 1.93. The summed E-state index contributed by atoms with van der Waals surface area (Å²) in [6.07, 6.45) is 1.82. The van der Waals surface area contributed by atoms with Crippen molar-refractivity contribution in [2.24, 2.45) is 5.73 Å². The number of hydrogen-bond acceptors (Lipinski definition) is 5. The second-order valence-electron chi connectivity index (χ2n) is 4.96. The topological polar surface area (TPSA) is 74.2 Å². The summed E-state index contributed by atoms with van der Waals surface area (Å²) in [6, 6.07) is 5.96. The predicted molar refractivity (Wildman–Crippen MR) is 76.4 cm³/mol. The number of nitrogens with zero attached hydrogens (tertiary/aromatic N) is 2. The molecule has 5 nitrogen and oxygen atoms in total. The highest BCUT2D eigenvalue weighted by atomic mass is 16.5. The lowest BCUT2D eigenvalue weighted by atomic mass is 10.1. The van der Waals surface area contributed by atoms with Crippen molar-refractivity contribution < 1.29 is 9.26 Å². The van der Waals surface area contributed by atoms with Gasteiger partial charge in [-0.3, -0.25) is 0 Å². The van der Waals surface area contributed by atoms with E-state index in [1.54, 1.807) is 0 Å². The van der Waals surface area contributed by atoms with Crippen molar-refractivity contribution in [1.29, 1.82) is 0 Å². The van der Waals surface area contributed by atoms with Crippen LogP contribution in [0.15, 0.2) is 22.7 Å². The Labute approximate surface area is 119 Å². The smallest absolute Gasteiger partial charge is 0.264 e. The Morgan fingerprint density at radius 3 is 2.85 bits per heavy atom. The van der Waals surface area contributed by atoms with Crippen LogP contribution in [0.2, 0.25) is 0 Å². The van der Waals surface area contributed by atoms with Crippen molar-refractivity contribution >= 4 is 0 Å². The molecular formula is C15H21N3O2. The summed E-state index contributed by atoms with van der Waals surface area (Å²) in [7, 11) is 0. The van der Waals surface area contributed by atoms with Gasteiger partial charge in [-0.25, -0.2) is 0 Å². The maximum absolute atomic E-state index is 5.85. The molecule has 0 aliphatic rings. The van der Waals surface area contributed by atoms with Gasteiger partial charge in [-0.15, -0.1) is 0 Å². The van der Waals surface area contributed by atoms with Crippen LogP contribution < -0.4 is 10.5 Å². The minimum absolute atomic E-state index is 0.0234. The summed E-state index contributed by atoms with van der Waals surface area (Å²) in [6.45, 7) is 6.32. The van der Waals surface area contributed by atoms with E-state index >= 15 is 0 Å². The second-order valence-corrected chi connectivity index (χ2v) is 4.96. The highest BCUT2D eigenvalue weighted by molar-refractivity contribution is 5.37. The Balaban J connectivity index is 1.99. The van der Waals surface area contributed by atoms with E-state index in [4.69, 9.17) is 15.0 Å². The summed E-state index contributed by atoms with van der Waals surface area (Å²) in [5.41, 5.74) is 8.00. The fourth-order valence-corrected chi connectivity index (χ4v) is 1.93. The Morgan fingerprint density at radius 2 is 2.20 bits per heavy atom. The fraction of sp³-hybridized carbons (Fsp3) is 0.467. The number of aryl methyl sites for hydroxylation is 2. The van der Waals surface area contributed by atoms with Crippen molar-refractivity contribution in [1.82, 2.24) is 10.1 Å². The van der Waals surface area contributed by atoms with Gasteiger partial charge in [0.05, 0.1) is 0 Å². The molecule has 0 saturated carbocycles. The van der Waals surface area contributed by atoms with Gasteiger partial charge in [0.15, 0.2) is 12.4 Å². The molecule has 0 amide bonds. The summed E-state index contributed by atoms with van der Waals surface area (Å²) >= 11 is 0. The lowest BCUT2D eigenvalue weighted by molar-refractivity contribution is 0.241. The SMILES string of the molecule is CCCc1noc(COc2ccc([C@@H](C)N)cc2C)n1. The summed E-state index contributed by atoms with van der Waals surface area (Å²) in [4.78, 5) is 4.27. The molecule has 1 aromatic heterocycles. The van der Waals surface area contributed by atoms with Crippen LogP contribution in [-0.2, 0) is 13.0 Å². The molecular weight excluding hydrogens is 254 g/mol. The lowest BCUT2D eigenvalue weighted by Gasteiger charge is -2.11. The van der Waals surface area contributed by atoms with E-state index in [0.29, 0.717) is 5.89 Å². The third-order valence-electron chi connectivity index (χ3n) is 3.06. The first-order chi connectivity index (χ1) is 9.60. The van der Waals surface area contributed by atoms with Gasteiger partial charge >= 0.3 is 0 Å². The third kappa shape index (κ3) is 3.57. The van der Waals surface area contributed by atoms with E-state index in [2.05, 4.69) is 17.1 Å². The minimum atomic E-state index is 0.0234. The van der Waals surface area contributed by atoms with Crippen LogP contribution in [0.3, 0.4) is 0 Å². The average Bonchev–Trinajstić information content (AvgIpc) is 2.85. The van der Waals surface area contributed by atoms with Crippen LogP contribution in [0.1, 0.15) is 49.2 Å². The largest absolute Gasteiger partial charge is 0.483 e. The monoisotopic (exact) mass is 275 g/mol. The number of aromatic nitrogens is 2.